The molecule has 0 aromatic heterocycles. The van der Waals surface area contributed by atoms with Crippen LogP contribution in [0.1, 0.15) is 11.1 Å². The summed E-state index contributed by atoms with van der Waals surface area (Å²) in [5, 5.41) is 1.77. The molecule has 0 heterocycles. The van der Waals surface area contributed by atoms with Crippen LogP contribution in [0.5, 0.6) is 0 Å². The molecule has 0 nitrogen and oxygen atoms in total. The van der Waals surface area contributed by atoms with E-state index < -0.39 is 0 Å². The van der Waals surface area contributed by atoms with Crippen LogP contribution < -0.4 is 0 Å². The van der Waals surface area contributed by atoms with Crippen LogP contribution in [0.2, 0.25) is 10.0 Å². The first-order valence-corrected chi connectivity index (χ1v) is 8.20. The minimum absolute atomic E-state index is 0.168. The van der Waals surface area contributed by atoms with Crippen molar-refractivity contribution >= 4 is 39.1 Å². The summed E-state index contributed by atoms with van der Waals surface area (Å²) in [4.78, 5) is 0. The van der Waals surface area contributed by atoms with Gasteiger partial charge in [0.2, 0.25) is 0 Å². The van der Waals surface area contributed by atoms with Crippen LogP contribution in [0.25, 0.3) is 0 Å². The third kappa shape index (κ3) is 4.47. The molecule has 2 rings (SSSR count). The summed E-state index contributed by atoms with van der Waals surface area (Å²) in [6.45, 7) is 0. The van der Waals surface area contributed by atoms with E-state index in [-0.39, 0.29) is 10.8 Å². The van der Waals surface area contributed by atoms with E-state index in [2.05, 4.69) is 15.9 Å². The maximum Gasteiger partial charge on any atom is 0.142 e. The molecule has 1 atom stereocenters. The lowest BCUT2D eigenvalue weighted by atomic mass is 9.94. The zero-order chi connectivity index (χ0) is 14.5. The molecule has 0 aliphatic heterocycles. The molecule has 106 valence electrons. The topological polar surface area (TPSA) is 0 Å². The number of alkyl halides is 1. The molecule has 0 bridgehead atoms. The van der Waals surface area contributed by atoms with Crippen LogP contribution in [0.15, 0.2) is 42.5 Å². The Balaban J connectivity index is 2.04. The zero-order valence-electron chi connectivity index (χ0n) is 10.8. The summed E-state index contributed by atoms with van der Waals surface area (Å²) in [6.07, 6.45) is 1.73. The molecule has 2 aromatic rings. The molecule has 0 amide bonds. The van der Waals surface area contributed by atoms with Crippen molar-refractivity contribution in [3.05, 3.63) is 69.5 Å². The summed E-state index contributed by atoms with van der Waals surface area (Å²) in [6, 6.07) is 12.8. The highest BCUT2D eigenvalue weighted by Gasteiger charge is 2.11. The minimum atomic E-state index is -0.357. The average Bonchev–Trinajstić information content (AvgIpc) is 2.44. The van der Waals surface area contributed by atoms with Crippen molar-refractivity contribution in [3.63, 3.8) is 0 Å². The maximum atomic E-state index is 13.4. The highest BCUT2D eigenvalue weighted by molar-refractivity contribution is 9.09. The smallest absolute Gasteiger partial charge is 0.142 e. The molecule has 0 aliphatic rings. The Morgan fingerprint density at radius 2 is 1.55 bits per heavy atom. The van der Waals surface area contributed by atoms with Crippen molar-refractivity contribution in [1.29, 1.82) is 0 Å². The minimum Gasteiger partial charge on any atom is -0.205 e. The van der Waals surface area contributed by atoms with Gasteiger partial charge in [-0.2, -0.15) is 0 Å². The molecular weight excluding hydrogens is 362 g/mol. The third-order valence-electron chi connectivity index (χ3n) is 3.16. The fourth-order valence-electron chi connectivity index (χ4n) is 2.14. The van der Waals surface area contributed by atoms with E-state index in [1.54, 1.807) is 6.07 Å². The Bertz CT molecular complexity index is 569. The first kappa shape index (κ1) is 15.8. The number of hydrogen-bond donors (Lipinski definition) is 0. The SMILES string of the molecule is Fc1cc(CC(CBr)Cc2ccc(Cl)cc2)ccc1Cl. The first-order valence-electron chi connectivity index (χ1n) is 6.33. The fraction of sp³-hybridized carbons (Fsp3) is 0.250. The van der Waals surface area contributed by atoms with Crippen molar-refractivity contribution in [3.8, 4) is 0 Å². The van der Waals surface area contributed by atoms with Gasteiger partial charge < -0.3 is 0 Å². The largest absolute Gasteiger partial charge is 0.205 e. The standard InChI is InChI=1S/C16H14BrCl2F/c17-10-13(7-11-1-4-14(18)5-2-11)8-12-3-6-15(19)16(20)9-12/h1-6,9,13H,7-8,10H2. The molecule has 20 heavy (non-hydrogen) atoms. The summed E-state index contributed by atoms with van der Waals surface area (Å²) >= 11 is 15.1. The Morgan fingerprint density at radius 1 is 0.950 bits per heavy atom. The Morgan fingerprint density at radius 3 is 2.15 bits per heavy atom. The molecule has 4 heteroatoms. The van der Waals surface area contributed by atoms with E-state index in [4.69, 9.17) is 23.2 Å². The third-order valence-corrected chi connectivity index (χ3v) is 4.64. The molecule has 0 saturated heterocycles. The molecule has 0 aliphatic carbocycles. The van der Waals surface area contributed by atoms with Gasteiger partial charge in [-0.1, -0.05) is 57.3 Å². The van der Waals surface area contributed by atoms with Crippen molar-refractivity contribution in [1.82, 2.24) is 0 Å². The molecule has 0 spiro atoms. The van der Waals surface area contributed by atoms with Gasteiger partial charge in [0.1, 0.15) is 5.82 Å². The van der Waals surface area contributed by atoms with Gasteiger partial charge in [0.05, 0.1) is 5.02 Å². The van der Waals surface area contributed by atoms with Crippen LogP contribution in [0.3, 0.4) is 0 Å². The molecule has 1 unspecified atom stereocenters. The molecule has 0 N–H and O–H groups in total. The van der Waals surface area contributed by atoms with Crippen molar-refractivity contribution in [2.45, 2.75) is 12.8 Å². The summed E-state index contributed by atoms with van der Waals surface area (Å²) < 4.78 is 13.4. The second-order valence-electron chi connectivity index (χ2n) is 4.80. The average molecular weight is 376 g/mol. The van der Waals surface area contributed by atoms with Crippen LogP contribution in [-0.2, 0) is 12.8 Å². The molecule has 0 radical (unpaired) electrons. The van der Waals surface area contributed by atoms with E-state index in [0.29, 0.717) is 5.92 Å². The van der Waals surface area contributed by atoms with Crippen LogP contribution in [0.4, 0.5) is 4.39 Å². The van der Waals surface area contributed by atoms with E-state index >= 15 is 0 Å². The normalized spacial score (nSPS) is 12.4. The second kappa shape index (κ2) is 7.44. The van der Waals surface area contributed by atoms with Gasteiger partial charge >= 0.3 is 0 Å². The lowest BCUT2D eigenvalue weighted by molar-refractivity contribution is 0.582. The number of hydrogen-bond acceptors (Lipinski definition) is 0. The van der Waals surface area contributed by atoms with Gasteiger partial charge in [-0.05, 0) is 54.2 Å². The summed E-state index contributed by atoms with van der Waals surface area (Å²) in [7, 11) is 0. The van der Waals surface area contributed by atoms with Crippen LogP contribution >= 0.6 is 39.1 Å². The van der Waals surface area contributed by atoms with Crippen molar-refractivity contribution in [2.24, 2.45) is 5.92 Å². The van der Waals surface area contributed by atoms with Gasteiger partial charge in [0.25, 0.3) is 0 Å². The highest BCUT2D eigenvalue weighted by Crippen LogP contribution is 2.21. The first-order chi connectivity index (χ1) is 9.58. The molecule has 0 saturated carbocycles. The second-order valence-corrected chi connectivity index (χ2v) is 6.29. The van der Waals surface area contributed by atoms with Crippen LogP contribution in [0, 0.1) is 11.7 Å². The van der Waals surface area contributed by atoms with Crippen molar-refractivity contribution in [2.75, 3.05) is 5.33 Å². The van der Waals surface area contributed by atoms with Gasteiger partial charge in [-0.3, -0.25) is 0 Å². The van der Waals surface area contributed by atoms with E-state index in [0.717, 1.165) is 28.8 Å². The highest BCUT2D eigenvalue weighted by atomic mass is 79.9. The fourth-order valence-corrected chi connectivity index (χ4v) is 2.84. The van der Waals surface area contributed by atoms with Gasteiger partial charge in [0, 0.05) is 10.4 Å². The lowest BCUT2D eigenvalue weighted by Gasteiger charge is -2.14. The molecular formula is C16H14BrCl2F. The van der Waals surface area contributed by atoms with Gasteiger partial charge in [-0.15, -0.1) is 0 Å². The van der Waals surface area contributed by atoms with Gasteiger partial charge in [-0.25, -0.2) is 4.39 Å². The monoisotopic (exact) mass is 374 g/mol. The van der Waals surface area contributed by atoms with Gasteiger partial charge in [0.15, 0.2) is 0 Å². The number of benzene rings is 2. The summed E-state index contributed by atoms with van der Waals surface area (Å²) in [5.41, 5.74) is 2.19. The number of rotatable bonds is 5. The van der Waals surface area contributed by atoms with E-state index in [9.17, 15) is 4.39 Å². The van der Waals surface area contributed by atoms with E-state index in [1.165, 1.54) is 11.6 Å². The quantitative estimate of drug-likeness (QED) is 0.568. The molecule has 2 aromatic carbocycles. The Hall–Kier alpha value is -0.570. The predicted octanol–water partition coefficient (Wildman–Crippen LogP) is 5.93. The zero-order valence-corrected chi connectivity index (χ0v) is 13.8. The number of halogens is 4. The lowest BCUT2D eigenvalue weighted by Crippen LogP contribution is -2.10. The van der Waals surface area contributed by atoms with Crippen LogP contribution in [-0.4, -0.2) is 5.33 Å². The maximum absolute atomic E-state index is 13.4. The predicted molar refractivity (Wildman–Crippen MR) is 87.6 cm³/mol. The molecule has 0 fully saturated rings. The van der Waals surface area contributed by atoms with Crippen molar-refractivity contribution < 1.29 is 4.39 Å². The Kier molecular flexibility index (Phi) is 5.88. The summed E-state index contributed by atoms with van der Waals surface area (Å²) in [5.74, 6) is 0.0423. The Labute approximate surface area is 137 Å². The van der Waals surface area contributed by atoms with E-state index in [1.807, 2.05) is 30.3 Å².